The molecular formula is C15H20N2O4. The van der Waals surface area contributed by atoms with Crippen molar-refractivity contribution >= 4 is 17.7 Å². The second kappa shape index (κ2) is 7.08. The molecule has 0 unspecified atom stereocenters. The molecule has 2 rings (SSSR count). The van der Waals surface area contributed by atoms with Crippen molar-refractivity contribution in [1.29, 1.82) is 0 Å². The Kier molecular flexibility index (Phi) is 5.16. The Balaban J connectivity index is 1.84. The van der Waals surface area contributed by atoms with Crippen molar-refractivity contribution in [3.8, 4) is 0 Å². The lowest BCUT2D eigenvalue weighted by Crippen LogP contribution is -2.35. The van der Waals surface area contributed by atoms with Crippen molar-refractivity contribution in [2.75, 3.05) is 25.1 Å². The van der Waals surface area contributed by atoms with Crippen LogP contribution in [0.1, 0.15) is 28.8 Å². The Morgan fingerprint density at radius 3 is 2.67 bits per heavy atom. The number of carbonyl (C=O) groups excluding carboxylic acids is 1. The molecule has 1 aromatic rings. The Hall–Kier alpha value is -2.08. The van der Waals surface area contributed by atoms with Gasteiger partial charge in [-0.3, -0.25) is 0 Å². The number of carboxylic acid groups (broad SMARTS) is 1. The lowest BCUT2D eigenvalue weighted by atomic mass is 10.0. The number of amides is 2. The number of carboxylic acids is 1. The number of nitrogens with one attached hydrogen (secondary N) is 2. The molecule has 21 heavy (non-hydrogen) atoms. The minimum atomic E-state index is -0.969. The van der Waals surface area contributed by atoms with Crippen LogP contribution in [0.2, 0.25) is 0 Å². The predicted octanol–water partition coefficient (Wildman–Crippen LogP) is 2.24. The molecule has 1 heterocycles. The van der Waals surface area contributed by atoms with Gasteiger partial charge in [-0.25, -0.2) is 9.59 Å². The highest BCUT2D eigenvalue weighted by Crippen LogP contribution is 2.16. The van der Waals surface area contributed by atoms with Crippen molar-refractivity contribution in [1.82, 2.24) is 5.32 Å². The minimum absolute atomic E-state index is 0.239. The van der Waals surface area contributed by atoms with Crippen LogP contribution in [0.3, 0.4) is 0 Å². The van der Waals surface area contributed by atoms with E-state index in [0.717, 1.165) is 26.1 Å². The van der Waals surface area contributed by atoms with Gasteiger partial charge in [0.2, 0.25) is 0 Å². The van der Waals surface area contributed by atoms with E-state index >= 15 is 0 Å². The number of ether oxygens (including phenoxy) is 1. The molecule has 114 valence electrons. The van der Waals surface area contributed by atoms with Gasteiger partial charge in [0.1, 0.15) is 0 Å². The second-order valence-electron chi connectivity index (χ2n) is 5.23. The summed E-state index contributed by atoms with van der Waals surface area (Å²) in [6, 6.07) is 4.46. The van der Waals surface area contributed by atoms with Crippen molar-refractivity contribution in [2.24, 2.45) is 5.92 Å². The molecule has 1 aliphatic heterocycles. The molecule has 0 radical (unpaired) electrons. The van der Waals surface area contributed by atoms with E-state index in [-0.39, 0.29) is 11.6 Å². The normalized spacial score (nSPS) is 15.5. The summed E-state index contributed by atoms with van der Waals surface area (Å²) in [7, 11) is 0. The van der Waals surface area contributed by atoms with Gasteiger partial charge < -0.3 is 20.5 Å². The molecule has 1 aromatic carbocycles. The van der Waals surface area contributed by atoms with Gasteiger partial charge in [0.15, 0.2) is 0 Å². The lowest BCUT2D eigenvalue weighted by molar-refractivity contribution is 0.0670. The molecular weight excluding hydrogens is 272 g/mol. The fraction of sp³-hybridized carbons (Fsp3) is 0.467. The zero-order valence-corrected chi connectivity index (χ0v) is 12.0. The van der Waals surface area contributed by atoms with E-state index in [1.165, 1.54) is 6.07 Å². The number of aromatic carboxylic acids is 1. The number of aryl methyl sites for hydroxylation is 1. The van der Waals surface area contributed by atoms with E-state index in [9.17, 15) is 9.59 Å². The van der Waals surface area contributed by atoms with E-state index < -0.39 is 5.97 Å². The van der Waals surface area contributed by atoms with Crippen LogP contribution in [0.25, 0.3) is 0 Å². The maximum atomic E-state index is 11.8. The molecule has 0 atom stereocenters. The van der Waals surface area contributed by atoms with Crippen LogP contribution in [0, 0.1) is 12.8 Å². The van der Waals surface area contributed by atoms with Gasteiger partial charge >= 0.3 is 12.0 Å². The zero-order valence-electron chi connectivity index (χ0n) is 12.0. The summed E-state index contributed by atoms with van der Waals surface area (Å²) in [6.45, 7) is 3.84. The van der Waals surface area contributed by atoms with Crippen molar-refractivity contribution in [3.05, 3.63) is 29.3 Å². The number of benzene rings is 1. The third kappa shape index (κ3) is 4.46. The van der Waals surface area contributed by atoms with Gasteiger partial charge in [0, 0.05) is 25.4 Å². The summed E-state index contributed by atoms with van der Waals surface area (Å²) in [6.07, 6.45) is 1.93. The van der Waals surface area contributed by atoms with E-state index in [1.54, 1.807) is 19.1 Å². The summed E-state index contributed by atoms with van der Waals surface area (Å²) >= 11 is 0. The average molecular weight is 292 g/mol. The summed E-state index contributed by atoms with van der Waals surface area (Å²) < 4.78 is 5.27. The summed E-state index contributed by atoms with van der Waals surface area (Å²) in [4.78, 5) is 22.7. The number of rotatable bonds is 4. The van der Waals surface area contributed by atoms with Gasteiger partial charge in [-0.05, 0) is 49.4 Å². The van der Waals surface area contributed by atoms with Crippen LogP contribution in [-0.4, -0.2) is 36.9 Å². The molecule has 1 saturated heterocycles. The van der Waals surface area contributed by atoms with Crippen LogP contribution >= 0.6 is 0 Å². The van der Waals surface area contributed by atoms with Gasteiger partial charge in [0.05, 0.1) is 5.56 Å². The first-order valence-corrected chi connectivity index (χ1v) is 7.03. The minimum Gasteiger partial charge on any atom is -0.478 e. The Bertz CT molecular complexity index is 524. The Morgan fingerprint density at radius 2 is 2.05 bits per heavy atom. The molecule has 0 aromatic heterocycles. The Labute approximate surface area is 123 Å². The van der Waals surface area contributed by atoms with Crippen molar-refractivity contribution in [3.63, 3.8) is 0 Å². The van der Waals surface area contributed by atoms with Crippen LogP contribution in [-0.2, 0) is 4.74 Å². The highest BCUT2D eigenvalue weighted by atomic mass is 16.5. The number of hydrogen-bond acceptors (Lipinski definition) is 3. The molecule has 0 spiro atoms. The molecule has 0 aliphatic carbocycles. The summed E-state index contributed by atoms with van der Waals surface area (Å²) in [5.41, 5.74) is 1.44. The molecule has 0 bridgehead atoms. The van der Waals surface area contributed by atoms with Crippen LogP contribution in [0.15, 0.2) is 18.2 Å². The Morgan fingerprint density at radius 1 is 1.33 bits per heavy atom. The second-order valence-corrected chi connectivity index (χ2v) is 5.23. The third-order valence-corrected chi connectivity index (χ3v) is 3.61. The van der Waals surface area contributed by atoms with Crippen molar-refractivity contribution in [2.45, 2.75) is 19.8 Å². The molecule has 0 saturated carbocycles. The highest BCUT2D eigenvalue weighted by Gasteiger charge is 2.15. The predicted molar refractivity (Wildman–Crippen MR) is 78.7 cm³/mol. The van der Waals surface area contributed by atoms with Crippen LogP contribution < -0.4 is 10.6 Å². The standard InChI is InChI=1S/C15H20N2O4/c1-10-8-12(2-3-13(10)14(18)19)17-15(20)16-9-11-4-6-21-7-5-11/h2-3,8,11H,4-7,9H2,1H3,(H,18,19)(H2,16,17,20). The summed E-state index contributed by atoms with van der Waals surface area (Å²) in [5, 5.41) is 14.5. The fourth-order valence-electron chi connectivity index (χ4n) is 2.34. The molecule has 1 fully saturated rings. The van der Waals surface area contributed by atoms with Gasteiger partial charge in [-0.15, -0.1) is 0 Å². The monoisotopic (exact) mass is 292 g/mol. The van der Waals surface area contributed by atoms with Gasteiger partial charge in [-0.1, -0.05) is 0 Å². The third-order valence-electron chi connectivity index (χ3n) is 3.61. The van der Waals surface area contributed by atoms with E-state index in [0.29, 0.717) is 23.7 Å². The molecule has 2 amide bonds. The van der Waals surface area contributed by atoms with Crippen LogP contribution in [0.5, 0.6) is 0 Å². The smallest absolute Gasteiger partial charge is 0.335 e. The maximum absolute atomic E-state index is 11.8. The van der Waals surface area contributed by atoms with Gasteiger partial charge in [-0.2, -0.15) is 0 Å². The molecule has 6 nitrogen and oxygen atoms in total. The maximum Gasteiger partial charge on any atom is 0.335 e. The molecule has 1 aliphatic rings. The van der Waals surface area contributed by atoms with E-state index in [1.807, 2.05) is 0 Å². The topological polar surface area (TPSA) is 87.7 Å². The first kappa shape index (κ1) is 15.3. The number of urea groups is 1. The first-order valence-electron chi connectivity index (χ1n) is 7.03. The van der Waals surface area contributed by atoms with E-state index in [4.69, 9.17) is 9.84 Å². The molecule has 3 N–H and O–H groups in total. The zero-order chi connectivity index (χ0) is 15.2. The number of hydrogen-bond donors (Lipinski definition) is 3. The van der Waals surface area contributed by atoms with E-state index in [2.05, 4.69) is 10.6 Å². The fourth-order valence-corrected chi connectivity index (χ4v) is 2.34. The van der Waals surface area contributed by atoms with Crippen LogP contribution in [0.4, 0.5) is 10.5 Å². The van der Waals surface area contributed by atoms with Gasteiger partial charge in [0.25, 0.3) is 0 Å². The summed E-state index contributed by atoms with van der Waals surface area (Å²) in [5.74, 6) is -0.511. The SMILES string of the molecule is Cc1cc(NC(=O)NCC2CCOCC2)ccc1C(=O)O. The first-order chi connectivity index (χ1) is 10.1. The number of carbonyl (C=O) groups is 2. The lowest BCUT2D eigenvalue weighted by Gasteiger charge is -2.22. The van der Waals surface area contributed by atoms with Crippen molar-refractivity contribution < 1.29 is 19.4 Å². The number of anilines is 1. The largest absolute Gasteiger partial charge is 0.478 e. The molecule has 6 heteroatoms. The quantitative estimate of drug-likeness (QED) is 0.794. The highest BCUT2D eigenvalue weighted by molar-refractivity contribution is 5.92. The average Bonchev–Trinajstić information content (AvgIpc) is 2.46.